The van der Waals surface area contributed by atoms with E-state index < -0.39 is 0 Å². The Labute approximate surface area is 66.2 Å². The van der Waals surface area contributed by atoms with Crippen molar-refractivity contribution in [2.45, 2.75) is 6.92 Å². The molecule has 0 spiro atoms. The van der Waals surface area contributed by atoms with E-state index >= 15 is 0 Å². The molecular weight excluding hydrogens is 138 g/mol. The highest BCUT2D eigenvalue weighted by atomic mass is 16.5. The fourth-order valence-electron chi connectivity index (χ4n) is 0.741. The minimum absolute atomic E-state index is 0.100. The highest BCUT2D eigenvalue weighted by molar-refractivity contribution is 5.26. The first kappa shape index (κ1) is 7.62. The molecule has 0 saturated carbocycles. The minimum atomic E-state index is 0.100. The molecule has 0 aliphatic heterocycles. The van der Waals surface area contributed by atoms with Crippen LogP contribution in [0.25, 0.3) is 4.85 Å². The zero-order chi connectivity index (χ0) is 8.10. The number of ether oxygens (including phenoxy) is 1. The zero-order valence-electron chi connectivity index (χ0n) is 6.37. The summed E-state index contributed by atoms with van der Waals surface area (Å²) in [6.45, 7) is 8.61. The van der Waals surface area contributed by atoms with Crippen molar-refractivity contribution in [1.82, 2.24) is 0 Å². The van der Waals surface area contributed by atoms with Crippen LogP contribution in [0.2, 0.25) is 0 Å². The van der Waals surface area contributed by atoms with E-state index in [1.807, 2.05) is 31.2 Å². The Hall–Kier alpha value is -1.49. The van der Waals surface area contributed by atoms with Crippen molar-refractivity contribution in [1.29, 1.82) is 0 Å². The van der Waals surface area contributed by atoms with Gasteiger partial charge in [0.25, 0.3) is 0 Å². The molecule has 0 aliphatic rings. The van der Waals surface area contributed by atoms with Crippen LogP contribution in [0.4, 0.5) is 0 Å². The van der Waals surface area contributed by atoms with Gasteiger partial charge in [-0.05, 0) is 19.1 Å². The molecule has 56 valence electrons. The molecule has 1 aromatic rings. The second-order valence-corrected chi connectivity index (χ2v) is 2.24. The molecule has 0 bridgehead atoms. The Kier molecular flexibility index (Phi) is 2.51. The maximum Gasteiger partial charge on any atom is 0.357 e. The van der Waals surface area contributed by atoms with Crippen molar-refractivity contribution < 1.29 is 4.74 Å². The normalized spacial score (nSPS) is 8.73. The highest BCUT2D eigenvalue weighted by Crippen LogP contribution is 2.10. The first-order valence-corrected chi connectivity index (χ1v) is 3.35. The van der Waals surface area contributed by atoms with Crippen LogP contribution in [0.15, 0.2) is 24.3 Å². The number of benzene rings is 1. The molecule has 0 unspecified atom stereocenters. The maximum atomic E-state index is 6.49. The standard InChI is InChI=1S/C9H9NO/c1-8-3-5-9(6-4-8)11-7-10-2/h3-6H,7H2,1H3. The van der Waals surface area contributed by atoms with Crippen LogP contribution < -0.4 is 4.74 Å². The minimum Gasteiger partial charge on any atom is -0.426 e. The molecule has 0 atom stereocenters. The van der Waals surface area contributed by atoms with Crippen LogP contribution in [-0.2, 0) is 0 Å². The van der Waals surface area contributed by atoms with Gasteiger partial charge in [-0.15, -0.1) is 0 Å². The summed E-state index contributed by atoms with van der Waals surface area (Å²) < 4.78 is 5.06. The smallest absolute Gasteiger partial charge is 0.357 e. The van der Waals surface area contributed by atoms with Gasteiger partial charge in [0.1, 0.15) is 5.75 Å². The lowest BCUT2D eigenvalue weighted by Crippen LogP contribution is -1.90. The number of nitrogens with zero attached hydrogens (tertiary/aromatic N) is 1. The molecule has 1 aromatic carbocycles. The van der Waals surface area contributed by atoms with Crippen molar-refractivity contribution in [3.8, 4) is 5.75 Å². The third kappa shape index (κ3) is 2.30. The summed E-state index contributed by atoms with van der Waals surface area (Å²) in [5.74, 6) is 0.756. The quantitative estimate of drug-likeness (QED) is 0.585. The van der Waals surface area contributed by atoms with Gasteiger partial charge >= 0.3 is 6.73 Å². The summed E-state index contributed by atoms with van der Waals surface area (Å²) in [6.07, 6.45) is 0. The van der Waals surface area contributed by atoms with Gasteiger partial charge in [0, 0.05) is 0 Å². The van der Waals surface area contributed by atoms with Crippen molar-refractivity contribution in [2.75, 3.05) is 6.73 Å². The van der Waals surface area contributed by atoms with Crippen molar-refractivity contribution in [3.05, 3.63) is 41.2 Å². The second-order valence-electron chi connectivity index (χ2n) is 2.24. The van der Waals surface area contributed by atoms with E-state index in [2.05, 4.69) is 4.85 Å². The summed E-state index contributed by atoms with van der Waals surface area (Å²) in [7, 11) is 0. The monoisotopic (exact) mass is 147 g/mol. The predicted molar refractivity (Wildman–Crippen MR) is 43.3 cm³/mol. The number of aryl methyl sites for hydroxylation is 1. The third-order valence-corrected chi connectivity index (χ3v) is 1.32. The van der Waals surface area contributed by atoms with Crippen LogP contribution in [0.1, 0.15) is 5.56 Å². The number of hydrogen-bond acceptors (Lipinski definition) is 1. The fourth-order valence-corrected chi connectivity index (χ4v) is 0.741. The Morgan fingerprint density at radius 1 is 1.36 bits per heavy atom. The van der Waals surface area contributed by atoms with Crippen LogP contribution in [0, 0.1) is 13.5 Å². The molecule has 1 rings (SSSR count). The molecular formula is C9H9NO. The molecule has 0 amide bonds. The van der Waals surface area contributed by atoms with Crippen LogP contribution in [-0.4, -0.2) is 6.73 Å². The van der Waals surface area contributed by atoms with E-state index in [0.717, 1.165) is 5.75 Å². The van der Waals surface area contributed by atoms with Gasteiger partial charge in [-0.25, -0.2) is 6.57 Å². The topological polar surface area (TPSA) is 13.6 Å². The molecule has 11 heavy (non-hydrogen) atoms. The molecule has 2 heteroatoms. The lowest BCUT2D eigenvalue weighted by Gasteiger charge is -1.97. The summed E-state index contributed by atoms with van der Waals surface area (Å²) in [5.41, 5.74) is 1.19. The first-order valence-electron chi connectivity index (χ1n) is 3.35. The van der Waals surface area contributed by atoms with Crippen LogP contribution in [0.5, 0.6) is 5.75 Å². The molecule has 2 nitrogen and oxygen atoms in total. The first-order chi connectivity index (χ1) is 5.33. The molecule has 0 radical (unpaired) electrons. The van der Waals surface area contributed by atoms with E-state index in [1.165, 1.54) is 5.56 Å². The highest BCUT2D eigenvalue weighted by Gasteiger charge is 1.91. The average molecular weight is 147 g/mol. The summed E-state index contributed by atoms with van der Waals surface area (Å²) in [4.78, 5) is 3.08. The third-order valence-electron chi connectivity index (χ3n) is 1.32. The van der Waals surface area contributed by atoms with E-state index in [1.54, 1.807) is 0 Å². The van der Waals surface area contributed by atoms with Crippen molar-refractivity contribution in [2.24, 2.45) is 0 Å². The summed E-state index contributed by atoms with van der Waals surface area (Å²) in [5, 5.41) is 0. The van der Waals surface area contributed by atoms with Crippen molar-refractivity contribution >= 4 is 0 Å². The van der Waals surface area contributed by atoms with Gasteiger partial charge in [-0.1, -0.05) is 17.7 Å². The average Bonchev–Trinajstić information content (AvgIpc) is 2.04. The Bertz CT molecular complexity index is 258. The van der Waals surface area contributed by atoms with E-state index in [0.29, 0.717) is 0 Å². The largest absolute Gasteiger partial charge is 0.426 e. The SMILES string of the molecule is [C-]#[N+]COc1ccc(C)cc1. The summed E-state index contributed by atoms with van der Waals surface area (Å²) in [6, 6.07) is 7.64. The fraction of sp³-hybridized carbons (Fsp3) is 0.222. The molecule has 0 fully saturated rings. The lowest BCUT2D eigenvalue weighted by atomic mass is 10.2. The van der Waals surface area contributed by atoms with E-state index in [-0.39, 0.29) is 6.73 Å². The molecule has 0 saturated heterocycles. The Morgan fingerprint density at radius 2 is 2.00 bits per heavy atom. The van der Waals surface area contributed by atoms with Crippen LogP contribution in [0.3, 0.4) is 0 Å². The van der Waals surface area contributed by atoms with Gasteiger partial charge in [-0.3, -0.25) is 4.85 Å². The number of rotatable bonds is 2. The van der Waals surface area contributed by atoms with Gasteiger partial charge in [0.2, 0.25) is 0 Å². The second kappa shape index (κ2) is 3.62. The van der Waals surface area contributed by atoms with Gasteiger partial charge in [-0.2, -0.15) is 0 Å². The van der Waals surface area contributed by atoms with Gasteiger partial charge in [0.15, 0.2) is 0 Å². The zero-order valence-corrected chi connectivity index (χ0v) is 6.37. The van der Waals surface area contributed by atoms with Crippen LogP contribution >= 0.6 is 0 Å². The van der Waals surface area contributed by atoms with Crippen molar-refractivity contribution in [3.63, 3.8) is 0 Å². The van der Waals surface area contributed by atoms with E-state index in [9.17, 15) is 0 Å². The van der Waals surface area contributed by atoms with Gasteiger partial charge < -0.3 is 4.74 Å². The molecule has 0 N–H and O–H groups in total. The Morgan fingerprint density at radius 3 is 2.55 bits per heavy atom. The number of hydrogen-bond donors (Lipinski definition) is 0. The predicted octanol–water partition coefficient (Wildman–Crippen LogP) is 2.25. The van der Waals surface area contributed by atoms with E-state index in [4.69, 9.17) is 11.3 Å². The lowest BCUT2D eigenvalue weighted by molar-refractivity contribution is 0.361. The molecule has 0 aliphatic carbocycles. The summed E-state index contributed by atoms with van der Waals surface area (Å²) >= 11 is 0. The Balaban J connectivity index is 2.60. The molecule has 0 aromatic heterocycles. The molecule has 0 heterocycles. The maximum absolute atomic E-state index is 6.49. The van der Waals surface area contributed by atoms with Gasteiger partial charge in [0.05, 0.1) is 0 Å².